The first-order chi connectivity index (χ1) is 14.1. The van der Waals surface area contributed by atoms with Crippen molar-refractivity contribution in [1.82, 2.24) is 0 Å². The first-order valence-electron chi connectivity index (χ1n) is 10.3. The van der Waals surface area contributed by atoms with Gasteiger partial charge in [0.15, 0.2) is 0 Å². The van der Waals surface area contributed by atoms with Crippen LogP contribution in [0.3, 0.4) is 0 Å². The second-order valence-corrected chi connectivity index (χ2v) is 16.1. The van der Waals surface area contributed by atoms with Gasteiger partial charge in [0.1, 0.15) is 0 Å². The van der Waals surface area contributed by atoms with E-state index in [2.05, 4.69) is 106 Å². The van der Waals surface area contributed by atoms with Gasteiger partial charge in [-0.1, -0.05) is 0 Å². The van der Waals surface area contributed by atoms with Crippen molar-refractivity contribution in [3.63, 3.8) is 0 Å². The second kappa shape index (κ2) is 10.00. The monoisotopic (exact) mass is 472 g/mol. The molecular weight excluding hydrogens is 443 g/mol. The maximum absolute atomic E-state index is 5.91. The van der Waals surface area contributed by atoms with Crippen molar-refractivity contribution in [2.24, 2.45) is 0 Å². The van der Waals surface area contributed by atoms with Crippen LogP contribution in [0.4, 0.5) is 0 Å². The van der Waals surface area contributed by atoms with Gasteiger partial charge in [-0.05, 0) is 0 Å². The zero-order valence-corrected chi connectivity index (χ0v) is 19.7. The van der Waals surface area contributed by atoms with E-state index in [4.69, 9.17) is 9.47 Å². The molecule has 29 heavy (non-hydrogen) atoms. The summed E-state index contributed by atoms with van der Waals surface area (Å²) in [6.07, 6.45) is 1.51. The summed E-state index contributed by atoms with van der Waals surface area (Å²) < 4.78 is 11.8. The van der Waals surface area contributed by atoms with Crippen LogP contribution in [-0.2, 0) is 9.47 Å². The van der Waals surface area contributed by atoms with Gasteiger partial charge in [-0.25, -0.2) is 0 Å². The van der Waals surface area contributed by atoms with Crippen molar-refractivity contribution in [3.05, 3.63) is 91.0 Å². The van der Waals surface area contributed by atoms with Gasteiger partial charge in [-0.15, -0.1) is 0 Å². The summed E-state index contributed by atoms with van der Waals surface area (Å²) in [4.78, 5) is 0. The molecule has 0 spiro atoms. The Kier molecular flexibility index (Phi) is 7.65. The van der Waals surface area contributed by atoms with Crippen LogP contribution in [0.1, 0.15) is 20.3 Å². The van der Waals surface area contributed by atoms with Crippen LogP contribution >= 0.6 is 20.8 Å². The van der Waals surface area contributed by atoms with Crippen LogP contribution in [0.25, 0.3) is 0 Å². The molecule has 2 nitrogen and oxygen atoms in total. The van der Waals surface area contributed by atoms with Gasteiger partial charge >= 0.3 is 183 Å². The average Bonchev–Trinajstić information content (AvgIpc) is 2.79. The van der Waals surface area contributed by atoms with Crippen LogP contribution < -0.4 is 15.9 Å². The topological polar surface area (TPSA) is 18.5 Å². The van der Waals surface area contributed by atoms with Gasteiger partial charge in [0.25, 0.3) is 0 Å². The summed E-state index contributed by atoms with van der Waals surface area (Å²) in [5.74, 6) is 0. The molecule has 0 saturated heterocycles. The number of halogens is 1. The first-order valence-corrected chi connectivity index (χ1v) is 14.7. The van der Waals surface area contributed by atoms with Gasteiger partial charge in [0.2, 0.25) is 0 Å². The van der Waals surface area contributed by atoms with Crippen LogP contribution in [0.5, 0.6) is 0 Å². The predicted molar refractivity (Wildman–Crippen MR) is 131 cm³/mol. The van der Waals surface area contributed by atoms with E-state index in [1.54, 1.807) is 0 Å². The second-order valence-electron chi connectivity index (χ2n) is 7.04. The van der Waals surface area contributed by atoms with Gasteiger partial charge in [-0.3, -0.25) is 0 Å². The van der Waals surface area contributed by atoms with Gasteiger partial charge in [0.05, 0.1) is 0 Å². The Hall–Kier alpha value is -1.51. The molecule has 0 aliphatic heterocycles. The summed E-state index contributed by atoms with van der Waals surface area (Å²) in [6, 6.07) is 32.5. The van der Waals surface area contributed by atoms with Crippen molar-refractivity contribution in [1.29, 1.82) is 0 Å². The molecule has 0 amide bonds. The van der Waals surface area contributed by atoms with Crippen molar-refractivity contribution >= 4 is 36.7 Å². The third-order valence-corrected chi connectivity index (χ3v) is 15.3. The molecule has 154 valence electrons. The van der Waals surface area contributed by atoms with Gasteiger partial charge in [-0.2, -0.15) is 0 Å². The molecular formula is C25H30BrO2P. The molecule has 0 fully saturated rings. The molecule has 3 aromatic rings. The zero-order chi connectivity index (χ0) is 20.6. The third kappa shape index (κ3) is 4.49. The molecule has 0 unspecified atom stereocenters. The molecule has 0 heterocycles. The molecule has 0 bridgehead atoms. The van der Waals surface area contributed by atoms with Crippen LogP contribution in [0.2, 0.25) is 0 Å². The third-order valence-electron chi connectivity index (χ3n) is 5.37. The minimum absolute atomic E-state index is 0.208. The van der Waals surface area contributed by atoms with Crippen molar-refractivity contribution in [2.75, 3.05) is 19.4 Å². The van der Waals surface area contributed by atoms with Crippen LogP contribution in [0, 0.1) is 0 Å². The van der Waals surface area contributed by atoms with Crippen molar-refractivity contribution < 1.29 is 9.47 Å². The standard InChI is InChI=1S/C25H30BrO2P/c1-3-27-25(28-4-2)20-21-29(26,22-14-8-5-9-15-22,23-16-10-6-11-17-23)24-18-12-7-13-19-24/h5-19,25H,3-4,20-21H2,1-2H3. The predicted octanol–water partition coefficient (Wildman–Crippen LogP) is 5.62. The SMILES string of the molecule is CCOC(CCP(Br)(c1ccccc1)(c1ccccc1)c1ccccc1)OCC. The molecule has 3 aromatic carbocycles. The Balaban J connectivity index is 2.21. The quantitative estimate of drug-likeness (QED) is 0.281. The Labute approximate surface area is 182 Å². The molecule has 4 heteroatoms. The summed E-state index contributed by atoms with van der Waals surface area (Å²) >= 11 is 4.47. The summed E-state index contributed by atoms with van der Waals surface area (Å²) in [7, 11) is 0. The van der Waals surface area contributed by atoms with Crippen molar-refractivity contribution in [3.8, 4) is 0 Å². The van der Waals surface area contributed by atoms with E-state index in [1.807, 2.05) is 13.8 Å². The van der Waals surface area contributed by atoms with Gasteiger partial charge in [0, 0.05) is 0 Å². The molecule has 0 aromatic heterocycles. The van der Waals surface area contributed by atoms with E-state index in [9.17, 15) is 0 Å². The molecule has 3 rings (SSSR count). The van der Waals surface area contributed by atoms with Crippen LogP contribution in [-0.4, -0.2) is 25.7 Å². The number of hydrogen-bond acceptors (Lipinski definition) is 2. The molecule has 0 N–H and O–H groups in total. The Morgan fingerprint density at radius 3 is 1.31 bits per heavy atom. The summed E-state index contributed by atoms with van der Waals surface area (Å²) in [5.41, 5.74) is 0. The van der Waals surface area contributed by atoms with E-state index in [0.29, 0.717) is 13.2 Å². The fraction of sp³-hybridized carbons (Fsp3) is 0.280. The Bertz CT molecular complexity index is 766. The fourth-order valence-electron chi connectivity index (χ4n) is 3.99. The van der Waals surface area contributed by atoms with E-state index in [1.165, 1.54) is 15.9 Å². The van der Waals surface area contributed by atoms with E-state index < -0.39 is 5.31 Å². The summed E-state index contributed by atoms with van der Waals surface area (Å²) in [5, 5.41) is 1.06. The molecule has 0 aliphatic rings. The first kappa shape index (κ1) is 22.2. The molecule has 0 saturated carbocycles. The molecule has 0 radical (unpaired) electrons. The number of rotatable bonds is 10. The zero-order valence-electron chi connectivity index (χ0n) is 17.2. The Morgan fingerprint density at radius 2 is 1.00 bits per heavy atom. The normalized spacial score (nSPS) is 13.2. The number of ether oxygens (including phenoxy) is 2. The van der Waals surface area contributed by atoms with Crippen LogP contribution in [0.15, 0.2) is 91.0 Å². The molecule has 0 aliphatic carbocycles. The Morgan fingerprint density at radius 1 is 0.655 bits per heavy atom. The minimum atomic E-state index is -2.91. The summed E-state index contributed by atoms with van der Waals surface area (Å²) in [6.45, 7) is 5.33. The van der Waals surface area contributed by atoms with Crippen molar-refractivity contribution in [2.45, 2.75) is 26.6 Å². The van der Waals surface area contributed by atoms with E-state index in [0.717, 1.165) is 12.6 Å². The number of hydrogen-bond donors (Lipinski definition) is 0. The molecule has 0 atom stereocenters. The fourth-order valence-corrected chi connectivity index (χ4v) is 11.5. The van der Waals surface area contributed by atoms with E-state index >= 15 is 0 Å². The maximum atomic E-state index is 5.91. The van der Waals surface area contributed by atoms with E-state index in [-0.39, 0.29) is 6.29 Å². The van der Waals surface area contributed by atoms with Gasteiger partial charge < -0.3 is 0 Å². The number of benzene rings is 3. The average molecular weight is 473 g/mol.